The zero-order valence-electron chi connectivity index (χ0n) is 13.9. The van der Waals surface area contributed by atoms with Crippen LogP contribution in [0.4, 0.5) is 0 Å². The Kier molecular flexibility index (Phi) is 7.07. The number of benzene rings is 2. The van der Waals surface area contributed by atoms with Gasteiger partial charge in [0.25, 0.3) is 0 Å². The van der Waals surface area contributed by atoms with Crippen LogP contribution in [0, 0.1) is 6.92 Å². The van der Waals surface area contributed by atoms with E-state index in [-0.39, 0.29) is 21.7 Å². The van der Waals surface area contributed by atoms with Gasteiger partial charge in [-0.3, -0.25) is 0 Å². The summed E-state index contributed by atoms with van der Waals surface area (Å²) in [4.78, 5) is 34.5. The second kappa shape index (κ2) is 9.08. The fraction of sp³-hybridized carbons (Fsp3) is 0.167. The Morgan fingerprint density at radius 3 is 2.26 bits per heavy atom. The average Bonchev–Trinajstić information content (AvgIpc) is 2.61. The monoisotopic (exact) mass is 430 g/mol. The van der Waals surface area contributed by atoms with E-state index in [0.29, 0.717) is 6.42 Å². The maximum atomic E-state index is 12.4. The molecule has 2 aromatic rings. The molecule has 0 heterocycles. The molecule has 0 aliphatic carbocycles. The van der Waals surface area contributed by atoms with Gasteiger partial charge >= 0.3 is 17.9 Å². The molecule has 0 radical (unpaired) electrons. The second-order valence-corrected chi connectivity index (χ2v) is 6.62. The first-order valence-corrected chi connectivity index (χ1v) is 8.69. The Bertz CT molecular complexity index is 893. The number of carboxylic acid groups (broad SMARTS) is 1. The van der Waals surface area contributed by atoms with Gasteiger partial charge in [0.05, 0.1) is 21.7 Å². The predicted molar refractivity (Wildman–Crippen MR) is 99.9 cm³/mol. The smallest absolute Gasteiger partial charge is 0.422 e. The summed E-state index contributed by atoms with van der Waals surface area (Å²) in [7, 11) is 0. The lowest BCUT2D eigenvalue weighted by Crippen LogP contribution is -2.21. The molecule has 0 aliphatic rings. The number of carbonyl (C=O) groups excluding carboxylic acids is 2. The van der Waals surface area contributed by atoms with Crippen LogP contribution in [0.3, 0.4) is 0 Å². The van der Waals surface area contributed by atoms with Crippen molar-refractivity contribution < 1.29 is 29.0 Å². The fourth-order valence-electron chi connectivity index (χ4n) is 2.09. The Hall–Kier alpha value is -2.28. The third-order valence-electron chi connectivity index (χ3n) is 3.44. The van der Waals surface area contributed by atoms with Gasteiger partial charge in [-0.2, -0.15) is 0 Å². The summed E-state index contributed by atoms with van der Waals surface area (Å²) in [6, 6.07) is 8.76. The maximum absolute atomic E-state index is 12.4. The van der Waals surface area contributed by atoms with Crippen molar-refractivity contribution in [3.05, 3.63) is 62.1 Å². The molecule has 0 saturated carbocycles. The van der Waals surface area contributed by atoms with Crippen LogP contribution in [0.2, 0.25) is 15.1 Å². The third-order valence-corrected chi connectivity index (χ3v) is 4.51. The highest BCUT2D eigenvalue weighted by Gasteiger charge is 2.27. The molecule has 142 valence electrons. The van der Waals surface area contributed by atoms with E-state index in [1.165, 1.54) is 0 Å². The number of aliphatic carboxylic acids is 1. The van der Waals surface area contributed by atoms with E-state index in [2.05, 4.69) is 4.74 Å². The molecule has 2 aromatic carbocycles. The first-order chi connectivity index (χ1) is 12.7. The Balaban J connectivity index is 2.21. The van der Waals surface area contributed by atoms with Gasteiger partial charge in [0.2, 0.25) is 0 Å². The lowest BCUT2D eigenvalue weighted by molar-refractivity contribution is -0.158. The van der Waals surface area contributed by atoms with Crippen LogP contribution in [-0.4, -0.2) is 29.6 Å². The van der Waals surface area contributed by atoms with E-state index in [0.717, 1.165) is 17.2 Å². The van der Waals surface area contributed by atoms with E-state index < -0.39 is 29.2 Å². The van der Waals surface area contributed by atoms with Gasteiger partial charge in [0.1, 0.15) is 5.56 Å². The van der Waals surface area contributed by atoms with Crippen LogP contribution in [0.25, 0.3) is 0 Å². The molecule has 0 atom stereocenters. The van der Waals surface area contributed by atoms with Gasteiger partial charge in [0, 0.05) is 6.42 Å². The Labute approximate surface area is 169 Å². The van der Waals surface area contributed by atoms with E-state index in [9.17, 15) is 14.4 Å². The van der Waals surface area contributed by atoms with E-state index in [1.54, 1.807) is 0 Å². The number of esters is 2. The minimum Gasteiger partial charge on any atom is -0.473 e. The van der Waals surface area contributed by atoms with E-state index >= 15 is 0 Å². The number of carbonyl (C=O) groups is 3. The van der Waals surface area contributed by atoms with Crippen molar-refractivity contribution in [2.24, 2.45) is 0 Å². The molecule has 0 saturated heterocycles. The summed E-state index contributed by atoms with van der Waals surface area (Å²) in [5.74, 6) is -4.98. The quantitative estimate of drug-likeness (QED) is 0.328. The maximum Gasteiger partial charge on any atom is 0.422 e. The van der Waals surface area contributed by atoms with Crippen LogP contribution < -0.4 is 4.74 Å². The highest BCUT2D eigenvalue weighted by atomic mass is 35.5. The van der Waals surface area contributed by atoms with Gasteiger partial charge in [-0.25, -0.2) is 14.4 Å². The van der Waals surface area contributed by atoms with Crippen molar-refractivity contribution in [1.29, 1.82) is 0 Å². The number of hydrogen-bond donors (Lipinski definition) is 1. The topological polar surface area (TPSA) is 89.9 Å². The third kappa shape index (κ3) is 5.35. The van der Waals surface area contributed by atoms with Crippen LogP contribution in [0.5, 0.6) is 5.75 Å². The molecule has 0 spiro atoms. The minimum atomic E-state index is -1.86. The van der Waals surface area contributed by atoms with Crippen molar-refractivity contribution in [2.45, 2.75) is 13.3 Å². The van der Waals surface area contributed by atoms with Crippen molar-refractivity contribution in [2.75, 3.05) is 6.61 Å². The molecule has 0 unspecified atom stereocenters. The summed E-state index contributed by atoms with van der Waals surface area (Å²) >= 11 is 17.8. The van der Waals surface area contributed by atoms with Crippen molar-refractivity contribution >= 4 is 52.7 Å². The van der Waals surface area contributed by atoms with Gasteiger partial charge in [-0.1, -0.05) is 64.6 Å². The molecule has 1 N–H and O–H groups in total. The number of carboxylic acids is 1. The van der Waals surface area contributed by atoms with Crippen LogP contribution in [-0.2, 0) is 20.7 Å². The standard InChI is InChI=1S/C18H13Cl3O6/c1-9-2-4-10(5-3-9)6-7-26-17(24)13-14(21)11(19)8-12(20)15(13)27-18(25)16(22)23/h2-5,8H,6-7H2,1H3,(H,22,23). The van der Waals surface area contributed by atoms with Crippen LogP contribution in [0.15, 0.2) is 30.3 Å². The number of hydrogen-bond acceptors (Lipinski definition) is 5. The molecule has 27 heavy (non-hydrogen) atoms. The number of ether oxygens (including phenoxy) is 2. The summed E-state index contributed by atoms with van der Waals surface area (Å²) < 4.78 is 9.81. The molecule has 0 bridgehead atoms. The first-order valence-electron chi connectivity index (χ1n) is 7.56. The minimum absolute atomic E-state index is 0.00860. The van der Waals surface area contributed by atoms with Crippen molar-refractivity contribution in [3.8, 4) is 5.75 Å². The molecule has 9 heteroatoms. The number of aryl methyl sites for hydroxylation is 1. The zero-order chi connectivity index (χ0) is 20.1. The molecule has 0 aromatic heterocycles. The lowest BCUT2D eigenvalue weighted by atomic mass is 10.1. The normalized spacial score (nSPS) is 10.4. The van der Waals surface area contributed by atoms with Crippen molar-refractivity contribution in [3.63, 3.8) is 0 Å². The number of halogens is 3. The molecular formula is C18H13Cl3O6. The average molecular weight is 432 g/mol. The highest BCUT2D eigenvalue weighted by Crippen LogP contribution is 2.39. The SMILES string of the molecule is Cc1ccc(CCOC(=O)c2c(Cl)c(Cl)cc(Cl)c2OC(=O)C(=O)O)cc1. The van der Waals surface area contributed by atoms with Gasteiger partial charge in [0.15, 0.2) is 5.75 Å². The lowest BCUT2D eigenvalue weighted by Gasteiger charge is -2.13. The second-order valence-electron chi connectivity index (χ2n) is 5.42. The van der Waals surface area contributed by atoms with E-state index in [1.807, 2.05) is 31.2 Å². The first kappa shape index (κ1) is 21.0. The molecule has 2 rings (SSSR count). The largest absolute Gasteiger partial charge is 0.473 e. The number of rotatable bonds is 5. The molecule has 0 aliphatic heterocycles. The van der Waals surface area contributed by atoms with Gasteiger partial charge < -0.3 is 14.6 Å². The fourth-order valence-corrected chi connectivity index (χ4v) is 2.80. The molecule has 6 nitrogen and oxygen atoms in total. The molecule has 0 fully saturated rings. The molecular weight excluding hydrogens is 419 g/mol. The van der Waals surface area contributed by atoms with Gasteiger partial charge in [-0.15, -0.1) is 0 Å². The summed E-state index contributed by atoms with van der Waals surface area (Å²) in [5.41, 5.74) is 1.62. The summed E-state index contributed by atoms with van der Waals surface area (Å²) in [6.45, 7) is 1.96. The van der Waals surface area contributed by atoms with Crippen LogP contribution >= 0.6 is 34.8 Å². The predicted octanol–water partition coefficient (Wildman–Crippen LogP) is 4.34. The summed E-state index contributed by atoms with van der Waals surface area (Å²) in [5, 5.41) is 8.07. The van der Waals surface area contributed by atoms with E-state index in [4.69, 9.17) is 44.6 Å². The van der Waals surface area contributed by atoms with Crippen molar-refractivity contribution in [1.82, 2.24) is 0 Å². The Morgan fingerprint density at radius 1 is 1.04 bits per heavy atom. The van der Waals surface area contributed by atoms with Gasteiger partial charge in [-0.05, 0) is 18.6 Å². The summed E-state index contributed by atoms with van der Waals surface area (Å²) in [6.07, 6.45) is 0.433. The molecule has 0 amide bonds. The Morgan fingerprint density at radius 2 is 1.67 bits per heavy atom. The van der Waals surface area contributed by atoms with Crippen LogP contribution in [0.1, 0.15) is 21.5 Å². The zero-order valence-corrected chi connectivity index (χ0v) is 16.2. The highest BCUT2D eigenvalue weighted by molar-refractivity contribution is 6.46.